The van der Waals surface area contributed by atoms with Gasteiger partial charge in [0.1, 0.15) is 6.04 Å². The molecule has 0 fully saturated rings. The maximum Gasteiger partial charge on any atom is 0.320 e. The van der Waals surface area contributed by atoms with Gasteiger partial charge in [-0.1, -0.05) is 6.92 Å². The van der Waals surface area contributed by atoms with Gasteiger partial charge in [0.15, 0.2) is 0 Å². The number of hydrogen-bond acceptors (Lipinski definition) is 3. The first-order valence-electron chi connectivity index (χ1n) is 3.16. The Balaban J connectivity index is 0. The molecule has 0 saturated heterocycles. The summed E-state index contributed by atoms with van der Waals surface area (Å²) in [4.78, 5) is 20.3. The summed E-state index contributed by atoms with van der Waals surface area (Å²) in [5, 5.41) is 16.7. The van der Waals surface area contributed by atoms with Gasteiger partial charge in [0.25, 0.3) is 0 Å². The van der Waals surface area contributed by atoms with Crippen LogP contribution in [0.3, 0.4) is 0 Å². The summed E-state index contributed by atoms with van der Waals surface area (Å²) in [6, 6.07) is -1.08. The lowest BCUT2D eigenvalue weighted by Gasteiger charge is -2.08. The quantitative estimate of drug-likeness (QED) is 0.586. The normalized spacial score (nSPS) is 14.2. The van der Waals surface area contributed by atoms with Crippen molar-refractivity contribution in [1.82, 2.24) is 0 Å². The standard InChI is InChI=1S/C6H11NO4.ClH/c1-3(5(8)9)2-4(7)6(10)11;/h3-4H,2,7H2,1H3,(H,8,9)(H,10,11);1H/t3?,4-;/m0./s1. The van der Waals surface area contributed by atoms with Crippen molar-refractivity contribution in [2.24, 2.45) is 11.7 Å². The predicted molar refractivity (Wildman–Crippen MR) is 44.3 cm³/mol. The van der Waals surface area contributed by atoms with Gasteiger partial charge in [-0.05, 0) is 6.42 Å². The van der Waals surface area contributed by atoms with Crippen LogP contribution in [0.15, 0.2) is 0 Å². The molecule has 0 rings (SSSR count). The highest BCUT2D eigenvalue weighted by molar-refractivity contribution is 5.85. The molecule has 1 unspecified atom stereocenters. The molecule has 72 valence electrons. The van der Waals surface area contributed by atoms with Crippen LogP contribution in [0.2, 0.25) is 0 Å². The van der Waals surface area contributed by atoms with E-state index in [9.17, 15) is 9.59 Å². The zero-order valence-electron chi connectivity index (χ0n) is 6.56. The van der Waals surface area contributed by atoms with E-state index in [-0.39, 0.29) is 18.8 Å². The lowest BCUT2D eigenvalue weighted by molar-refractivity contribution is -0.143. The van der Waals surface area contributed by atoms with Crippen molar-refractivity contribution in [2.45, 2.75) is 19.4 Å². The van der Waals surface area contributed by atoms with Gasteiger partial charge < -0.3 is 15.9 Å². The maximum absolute atomic E-state index is 10.2. The summed E-state index contributed by atoms with van der Waals surface area (Å²) in [6.45, 7) is 1.42. The SMILES string of the molecule is CC(C[C@H](N)C(=O)O)C(=O)O.Cl. The highest BCUT2D eigenvalue weighted by Crippen LogP contribution is 2.04. The van der Waals surface area contributed by atoms with Crippen LogP contribution in [-0.2, 0) is 9.59 Å². The lowest BCUT2D eigenvalue weighted by atomic mass is 10.0. The van der Waals surface area contributed by atoms with Gasteiger partial charge in [-0.25, -0.2) is 0 Å². The van der Waals surface area contributed by atoms with Crippen molar-refractivity contribution in [3.63, 3.8) is 0 Å². The smallest absolute Gasteiger partial charge is 0.320 e. The minimum Gasteiger partial charge on any atom is -0.481 e. The van der Waals surface area contributed by atoms with Crippen LogP contribution in [0.4, 0.5) is 0 Å². The van der Waals surface area contributed by atoms with Crippen molar-refractivity contribution in [2.75, 3.05) is 0 Å². The molecule has 0 heterocycles. The third-order valence-corrected chi connectivity index (χ3v) is 1.35. The average Bonchev–Trinajstić information content (AvgIpc) is 1.87. The molecule has 0 aliphatic carbocycles. The Kier molecular flexibility index (Phi) is 6.64. The lowest BCUT2D eigenvalue weighted by Crippen LogP contribution is -2.33. The Bertz CT molecular complexity index is 155. The molecule has 0 radical (unpaired) electrons. The molecule has 0 saturated carbocycles. The summed E-state index contributed by atoms with van der Waals surface area (Å²) in [5.41, 5.74) is 5.09. The van der Waals surface area contributed by atoms with E-state index in [2.05, 4.69) is 0 Å². The number of aliphatic carboxylic acids is 2. The van der Waals surface area contributed by atoms with Crippen molar-refractivity contribution in [3.05, 3.63) is 0 Å². The van der Waals surface area contributed by atoms with Crippen molar-refractivity contribution in [1.29, 1.82) is 0 Å². The molecule has 0 aromatic carbocycles. The molecule has 0 aromatic heterocycles. The van der Waals surface area contributed by atoms with E-state index in [0.717, 1.165) is 0 Å². The van der Waals surface area contributed by atoms with Crippen LogP contribution in [-0.4, -0.2) is 28.2 Å². The monoisotopic (exact) mass is 197 g/mol. The van der Waals surface area contributed by atoms with E-state index in [4.69, 9.17) is 15.9 Å². The number of carboxylic acid groups (broad SMARTS) is 2. The zero-order valence-corrected chi connectivity index (χ0v) is 7.37. The number of hydrogen-bond donors (Lipinski definition) is 3. The van der Waals surface area contributed by atoms with Crippen LogP contribution in [0.5, 0.6) is 0 Å². The largest absolute Gasteiger partial charge is 0.481 e. The molecule has 6 heteroatoms. The third kappa shape index (κ3) is 4.92. The van der Waals surface area contributed by atoms with E-state index in [1.165, 1.54) is 6.92 Å². The molecule has 2 atom stereocenters. The van der Waals surface area contributed by atoms with Crippen molar-refractivity contribution in [3.8, 4) is 0 Å². The Hall–Kier alpha value is -0.810. The molecule has 0 spiro atoms. The van der Waals surface area contributed by atoms with Crippen LogP contribution in [0.25, 0.3) is 0 Å². The van der Waals surface area contributed by atoms with Crippen LogP contribution >= 0.6 is 12.4 Å². The molecular weight excluding hydrogens is 186 g/mol. The first-order valence-corrected chi connectivity index (χ1v) is 3.16. The Morgan fingerprint density at radius 1 is 1.33 bits per heavy atom. The summed E-state index contributed by atoms with van der Waals surface area (Å²) in [5.74, 6) is -2.90. The molecule has 0 aromatic rings. The summed E-state index contributed by atoms with van der Waals surface area (Å²) in [7, 11) is 0. The van der Waals surface area contributed by atoms with Crippen molar-refractivity contribution < 1.29 is 19.8 Å². The first-order chi connectivity index (χ1) is 4.95. The molecule has 5 nitrogen and oxygen atoms in total. The van der Waals surface area contributed by atoms with E-state index >= 15 is 0 Å². The molecule has 0 bridgehead atoms. The minimum absolute atomic E-state index is 0. The Morgan fingerprint density at radius 3 is 2.00 bits per heavy atom. The summed E-state index contributed by atoms with van der Waals surface area (Å²) < 4.78 is 0. The van der Waals surface area contributed by atoms with Gasteiger partial charge in [-0.2, -0.15) is 0 Å². The second-order valence-electron chi connectivity index (χ2n) is 2.42. The Labute approximate surface area is 76.0 Å². The number of nitrogens with two attached hydrogens (primary N) is 1. The number of halogens is 1. The fourth-order valence-electron chi connectivity index (χ4n) is 0.583. The van der Waals surface area contributed by atoms with Crippen LogP contribution < -0.4 is 5.73 Å². The van der Waals surface area contributed by atoms with Gasteiger partial charge in [0.2, 0.25) is 0 Å². The number of carboxylic acids is 2. The van der Waals surface area contributed by atoms with Gasteiger partial charge >= 0.3 is 11.9 Å². The number of rotatable bonds is 4. The molecule has 0 amide bonds. The topological polar surface area (TPSA) is 101 Å². The maximum atomic E-state index is 10.2. The fraction of sp³-hybridized carbons (Fsp3) is 0.667. The van der Waals surface area contributed by atoms with E-state index in [1.807, 2.05) is 0 Å². The third-order valence-electron chi connectivity index (χ3n) is 1.35. The highest BCUT2D eigenvalue weighted by atomic mass is 35.5. The van der Waals surface area contributed by atoms with Crippen LogP contribution in [0, 0.1) is 5.92 Å². The first kappa shape index (κ1) is 13.8. The van der Waals surface area contributed by atoms with E-state index in [0.29, 0.717) is 0 Å². The summed E-state index contributed by atoms with van der Waals surface area (Å²) >= 11 is 0. The average molecular weight is 198 g/mol. The molecule has 12 heavy (non-hydrogen) atoms. The Morgan fingerprint density at radius 2 is 1.75 bits per heavy atom. The van der Waals surface area contributed by atoms with Crippen molar-refractivity contribution >= 4 is 24.3 Å². The van der Waals surface area contributed by atoms with Crippen LogP contribution in [0.1, 0.15) is 13.3 Å². The van der Waals surface area contributed by atoms with Gasteiger partial charge in [-0.3, -0.25) is 9.59 Å². The minimum atomic E-state index is -1.17. The predicted octanol–water partition coefficient (Wildman–Crippen LogP) is -0.0691. The second kappa shape index (κ2) is 5.79. The zero-order chi connectivity index (χ0) is 9.02. The van der Waals surface area contributed by atoms with Gasteiger partial charge in [0.05, 0.1) is 5.92 Å². The second-order valence-corrected chi connectivity index (χ2v) is 2.42. The molecule has 4 N–H and O–H groups in total. The molecular formula is C6H12ClNO4. The van der Waals surface area contributed by atoms with Gasteiger partial charge in [-0.15, -0.1) is 12.4 Å². The molecule has 0 aliphatic rings. The van der Waals surface area contributed by atoms with E-state index in [1.54, 1.807) is 0 Å². The summed E-state index contributed by atoms with van der Waals surface area (Å²) in [6.07, 6.45) is -0.0370. The number of carbonyl (C=O) groups is 2. The molecule has 0 aliphatic heterocycles. The highest BCUT2D eigenvalue weighted by Gasteiger charge is 2.19. The van der Waals surface area contributed by atoms with E-state index < -0.39 is 23.9 Å². The van der Waals surface area contributed by atoms with Gasteiger partial charge in [0, 0.05) is 0 Å². The fourth-order valence-corrected chi connectivity index (χ4v) is 0.583.